The van der Waals surface area contributed by atoms with Crippen LogP contribution in [0.3, 0.4) is 0 Å². The van der Waals surface area contributed by atoms with Crippen molar-refractivity contribution in [3.8, 4) is 17.2 Å². The van der Waals surface area contributed by atoms with Gasteiger partial charge in [-0.05, 0) is 5.92 Å². The first kappa shape index (κ1) is 15.0. The molecule has 0 atom stereocenters. The number of carbonyl (C=O) groups excluding carboxylic acids is 1. The molecule has 7 heteroatoms. The molecule has 1 aliphatic rings. The van der Waals surface area contributed by atoms with Crippen molar-refractivity contribution in [2.75, 3.05) is 19.9 Å². The van der Waals surface area contributed by atoms with Gasteiger partial charge in [-0.15, -0.1) is 0 Å². The molecule has 7 nitrogen and oxygen atoms in total. The zero-order chi connectivity index (χ0) is 15.4. The van der Waals surface area contributed by atoms with Crippen LogP contribution in [0.15, 0.2) is 12.1 Å². The van der Waals surface area contributed by atoms with Crippen LogP contribution < -0.4 is 19.5 Å². The minimum absolute atomic E-state index is 0.0344. The van der Waals surface area contributed by atoms with E-state index in [1.807, 2.05) is 13.8 Å². The lowest BCUT2D eigenvalue weighted by Crippen LogP contribution is -2.31. The van der Waals surface area contributed by atoms with E-state index in [1.165, 1.54) is 12.1 Å². The van der Waals surface area contributed by atoms with Crippen LogP contribution in [0.25, 0.3) is 0 Å². The van der Waals surface area contributed by atoms with Gasteiger partial charge >= 0.3 is 5.97 Å². The molecule has 1 aromatic carbocycles. The molecule has 1 amide bonds. The maximum absolute atomic E-state index is 11.6. The fourth-order valence-corrected chi connectivity index (χ4v) is 1.72. The zero-order valence-electron chi connectivity index (χ0n) is 11.8. The third-order valence-corrected chi connectivity index (χ3v) is 2.77. The normalized spacial score (nSPS) is 12.3. The van der Waals surface area contributed by atoms with E-state index in [1.54, 1.807) is 0 Å². The molecule has 0 fully saturated rings. The van der Waals surface area contributed by atoms with E-state index in [-0.39, 0.29) is 30.6 Å². The predicted octanol–water partition coefficient (Wildman–Crippen LogP) is 1.26. The van der Waals surface area contributed by atoms with Crippen molar-refractivity contribution in [1.82, 2.24) is 5.32 Å². The number of carboxylic acid groups (broad SMARTS) is 1. The highest BCUT2D eigenvalue weighted by atomic mass is 16.7. The molecule has 1 heterocycles. The van der Waals surface area contributed by atoms with E-state index in [0.29, 0.717) is 24.0 Å². The van der Waals surface area contributed by atoms with Crippen LogP contribution in [-0.2, 0) is 4.79 Å². The van der Waals surface area contributed by atoms with Gasteiger partial charge in [0.1, 0.15) is 11.3 Å². The second kappa shape index (κ2) is 6.34. The Labute approximate surface area is 121 Å². The summed E-state index contributed by atoms with van der Waals surface area (Å²) in [5.74, 6) is -0.314. The molecule has 2 rings (SSSR count). The number of amides is 1. The van der Waals surface area contributed by atoms with Gasteiger partial charge in [-0.3, -0.25) is 4.79 Å². The Morgan fingerprint density at radius 1 is 1.33 bits per heavy atom. The summed E-state index contributed by atoms with van der Waals surface area (Å²) in [6, 6.07) is 2.74. The number of aromatic carboxylic acids is 1. The van der Waals surface area contributed by atoms with Crippen LogP contribution in [0, 0.1) is 5.92 Å². The second-order valence-electron chi connectivity index (χ2n) is 4.99. The fraction of sp³-hybridized carbons (Fsp3) is 0.429. The molecular formula is C14H17NO6. The molecule has 0 bridgehead atoms. The molecule has 0 saturated heterocycles. The smallest absolute Gasteiger partial charge is 0.339 e. The number of carbonyl (C=O) groups is 2. The van der Waals surface area contributed by atoms with Gasteiger partial charge in [-0.1, -0.05) is 13.8 Å². The van der Waals surface area contributed by atoms with Crippen molar-refractivity contribution < 1.29 is 28.9 Å². The number of benzene rings is 1. The molecule has 1 aliphatic heterocycles. The van der Waals surface area contributed by atoms with E-state index >= 15 is 0 Å². The summed E-state index contributed by atoms with van der Waals surface area (Å²) in [6.07, 6.45) is 0. The summed E-state index contributed by atoms with van der Waals surface area (Å²) in [6.45, 7) is 4.26. The zero-order valence-corrected chi connectivity index (χ0v) is 11.8. The highest BCUT2D eigenvalue weighted by molar-refractivity contribution is 5.92. The molecule has 21 heavy (non-hydrogen) atoms. The third kappa shape index (κ3) is 3.77. The van der Waals surface area contributed by atoms with Crippen LogP contribution in [-0.4, -0.2) is 36.9 Å². The van der Waals surface area contributed by atoms with Crippen molar-refractivity contribution in [2.24, 2.45) is 5.92 Å². The van der Waals surface area contributed by atoms with E-state index in [9.17, 15) is 9.59 Å². The van der Waals surface area contributed by atoms with Gasteiger partial charge in [0.15, 0.2) is 18.1 Å². The van der Waals surface area contributed by atoms with Gasteiger partial charge in [0, 0.05) is 18.7 Å². The number of carboxylic acids is 1. The number of hydrogen-bond acceptors (Lipinski definition) is 5. The minimum atomic E-state index is -1.16. The maximum Gasteiger partial charge on any atom is 0.339 e. The van der Waals surface area contributed by atoms with Crippen LogP contribution >= 0.6 is 0 Å². The number of ether oxygens (including phenoxy) is 3. The van der Waals surface area contributed by atoms with Crippen LogP contribution in [0.5, 0.6) is 17.2 Å². The quantitative estimate of drug-likeness (QED) is 0.820. The average Bonchev–Trinajstić information content (AvgIpc) is 2.88. The molecule has 0 saturated carbocycles. The Morgan fingerprint density at radius 3 is 2.62 bits per heavy atom. The second-order valence-corrected chi connectivity index (χ2v) is 4.99. The van der Waals surface area contributed by atoms with Gasteiger partial charge < -0.3 is 24.6 Å². The summed E-state index contributed by atoms with van der Waals surface area (Å²) < 4.78 is 15.6. The Morgan fingerprint density at radius 2 is 2.00 bits per heavy atom. The van der Waals surface area contributed by atoms with Crippen molar-refractivity contribution in [3.63, 3.8) is 0 Å². The molecule has 2 N–H and O–H groups in total. The lowest BCUT2D eigenvalue weighted by molar-refractivity contribution is -0.123. The van der Waals surface area contributed by atoms with Gasteiger partial charge in [-0.25, -0.2) is 4.79 Å². The monoisotopic (exact) mass is 295 g/mol. The largest absolute Gasteiger partial charge is 0.483 e. The van der Waals surface area contributed by atoms with Crippen molar-refractivity contribution in [1.29, 1.82) is 0 Å². The number of fused-ring (bicyclic) bond motifs is 1. The summed E-state index contributed by atoms with van der Waals surface area (Å²) in [4.78, 5) is 22.8. The van der Waals surface area contributed by atoms with Crippen molar-refractivity contribution >= 4 is 11.9 Å². The Bertz CT molecular complexity index is 555. The van der Waals surface area contributed by atoms with Crippen LogP contribution in [0.1, 0.15) is 24.2 Å². The lowest BCUT2D eigenvalue weighted by atomic mass is 10.2. The van der Waals surface area contributed by atoms with Crippen molar-refractivity contribution in [2.45, 2.75) is 13.8 Å². The summed E-state index contributed by atoms with van der Waals surface area (Å²) in [5, 5.41) is 11.8. The Hall–Kier alpha value is -2.44. The predicted molar refractivity (Wildman–Crippen MR) is 72.9 cm³/mol. The molecule has 114 valence electrons. The summed E-state index contributed by atoms with van der Waals surface area (Å²) in [7, 11) is 0. The fourth-order valence-electron chi connectivity index (χ4n) is 1.72. The molecular weight excluding hydrogens is 278 g/mol. The van der Waals surface area contributed by atoms with E-state index < -0.39 is 5.97 Å². The Kier molecular flexibility index (Phi) is 4.52. The first-order valence-electron chi connectivity index (χ1n) is 6.54. The molecule has 0 spiro atoms. The van der Waals surface area contributed by atoms with Gasteiger partial charge in [0.05, 0.1) is 0 Å². The minimum Gasteiger partial charge on any atom is -0.483 e. The van der Waals surface area contributed by atoms with Gasteiger partial charge in [0.2, 0.25) is 6.79 Å². The highest BCUT2D eigenvalue weighted by Crippen LogP contribution is 2.38. The third-order valence-electron chi connectivity index (χ3n) is 2.77. The topological polar surface area (TPSA) is 94.1 Å². The molecule has 0 unspecified atom stereocenters. The Balaban J connectivity index is 2.05. The molecule has 0 radical (unpaired) electrons. The lowest BCUT2D eigenvalue weighted by Gasteiger charge is -2.11. The van der Waals surface area contributed by atoms with Crippen LogP contribution in [0.2, 0.25) is 0 Å². The van der Waals surface area contributed by atoms with Crippen LogP contribution in [0.4, 0.5) is 0 Å². The molecule has 0 aliphatic carbocycles. The average molecular weight is 295 g/mol. The van der Waals surface area contributed by atoms with Gasteiger partial charge in [-0.2, -0.15) is 0 Å². The first-order chi connectivity index (χ1) is 9.97. The van der Waals surface area contributed by atoms with Crippen molar-refractivity contribution in [3.05, 3.63) is 17.7 Å². The van der Waals surface area contributed by atoms with E-state index in [2.05, 4.69) is 5.32 Å². The standard InChI is InChI=1S/C14H17NO6/c1-8(2)5-15-13(16)6-19-10-4-12-11(20-7-21-12)3-9(10)14(17)18/h3-4,8H,5-7H2,1-2H3,(H,15,16)(H,17,18). The number of rotatable bonds is 6. The maximum atomic E-state index is 11.6. The van der Waals surface area contributed by atoms with Gasteiger partial charge in [0.25, 0.3) is 5.91 Å². The summed E-state index contributed by atoms with van der Waals surface area (Å²) in [5.41, 5.74) is -0.0732. The van der Waals surface area contributed by atoms with E-state index in [0.717, 1.165) is 0 Å². The molecule has 0 aromatic heterocycles. The first-order valence-corrected chi connectivity index (χ1v) is 6.54. The molecule has 1 aromatic rings. The SMILES string of the molecule is CC(C)CNC(=O)COc1cc2c(cc1C(=O)O)OCO2. The number of nitrogens with one attached hydrogen (secondary N) is 1. The summed E-state index contributed by atoms with van der Waals surface area (Å²) >= 11 is 0. The number of hydrogen-bond donors (Lipinski definition) is 2. The van der Waals surface area contributed by atoms with E-state index in [4.69, 9.17) is 19.3 Å². The highest BCUT2D eigenvalue weighted by Gasteiger charge is 2.22.